The van der Waals surface area contributed by atoms with Crippen LogP contribution in [0.3, 0.4) is 0 Å². The Balaban J connectivity index is 2.03. The topological polar surface area (TPSA) is 47.9 Å². The monoisotopic (exact) mass is 208 g/mol. The summed E-state index contributed by atoms with van der Waals surface area (Å²) in [6, 6.07) is 5.77. The summed E-state index contributed by atoms with van der Waals surface area (Å²) in [6.07, 6.45) is -0.476. The lowest BCUT2D eigenvalue weighted by atomic mass is 9.98. The number of hydrogen-bond donors (Lipinski definition) is 1. The van der Waals surface area contributed by atoms with Gasteiger partial charge in [0.15, 0.2) is 17.8 Å². The Morgan fingerprint density at radius 3 is 3.13 bits per heavy atom. The van der Waals surface area contributed by atoms with Crippen LogP contribution in [0.25, 0.3) is 0 Å². The molecule has 1 aromatic carbocycles. The Kier molecular flexibility index (Phi) is 1.87. The van der Waals surface area contributed by atoms with Crippen molar-refractivity contribution < 1.29 is 19.3 Å². The average molecular weight is 208 g/mol. The molecule has 0 amide bonds. The highest BCUT2D eigenvalue weighted by atomic mass is 16.7. The van der Waals surface area contributed by atoms with E-state index in [2.05, 4.69) is 0 Å². The maximum atomic E-state index is 9.35. The Labute approximate surface area is 87.4 Å². The molecule has 0 radical (unpaired) electrons. The second-order valence-corrected chi connectivity index (χ2v) is 3.80. The van der Waals surface area contributed by atoms with Crippen LogP contribution in [-0.4, -0.2) is 24.8 Å². The maximum Gasteiger partial charge on any atom is 0.209 e. The van der Waals surface area contributed by atoms with Gasteiger partial charge < -0.3 is 19.3 Å². The van der Waals surface area contributed by atoms with E-state index in [1.807, 2.05) is 18.2 Å². The fourth-order valence-corrected chi connectivity index (χ4v) is 2.24. The first-order valence-electron chi connectivity index (χ1n) is 4.96. The van der Waals surface area contributed by atoms with Crippen molar-refractivity contribution in [2.24, 2.45) is 0 Å². The third kappa shape index (κ3) is 1.22. The van der Waals surface area contributed by atoms with Crippen LogP contribution in [0.15, 0.2) is 18.2 Å². The van der Waals surface area contributed by atoms with Crippen LogP contribution in [0.5, 0.6) is 11.5 Å². The lowest BCUT2D eigenvalue weighted by Gasteiger charge is -2.10. The average Bonchev–Trinajstić information content (AvgIpc) is 2.73. The van der Waals surface area contributed by atoms with Gasteiger partial charge in [-0.05, 0) is 6.07 Å². The molecule has 2 aliphatic heterocycles. The second-order valence-electron chi connectivity index (χ2n) is 3.80. The van der Waals surface area contributed by atoms with Gasteiger partial charge in [0.1, 0.15) is 0 Å². The molecule has 0 saturated carbocycles. The zero-order valence-corrected chi connectivity index (χ0v) is 8.34. The lowest BCUT2D eigenvalue weighted by molar-refractivity contribution is -0.147. The van der Waals surface area contributed by atoms with Crippen molar-refractivity contribution in [1.29, 1.82) is 0 Å². The number of rotatable bonds is 1. The first kappa shape index (κ1) is 9.00. The van der Waals surface area contributed by atoms with Gasteiger partial charge in [0, 0.05) is 12.0 Å². The van der Waals surface area contributed by atoms with Crippen molar-refractivity contribution in [3.05, 3.63) is 23.8 Å². The summed E-state index contributed by atoms with van der Waals surface area (Å²) in [6.45, 7) is 0. The third-order valence-corrected chi connectivity index (χ3v) is 2.94. The molecule has 3 unspecified atom stereocenters. The molecular formula is C11H12O4. The summed E-state index contributed by atoms with van der Waals surface area (Å²) in [4.78, 5) is 0. The number of aliphatic hydroxyl groups excluding tert-OH is 1. The van der Waals surface area contributed by atoms with Crippen LogP contribution in [0.2, 0.25) is 0 Å². The van der Waals surface area contributed by atoms with Gasteiger partial charge in [0.05, 0.1) is 13.0 Å². The smallest absolute Gasteiger partial charge is 0.209 e. The minimum absolute atomic E-state index is 0.130. The van der Waals surface area contributed by atoms with Crippen molar-refractivity contribution in [3.63, 3.8) is 0 Å². The van der Waals surface area contributed by atoms with E-state index in [4.69, 9.17) is 14.2 Å². The molecule has 0 aromatic heterocycles. The number of para-hydroxylation sites is 1. The molecule has 3 atom stereocenters. The van der Waals surface area contributed by atoms with Gasteiger partial charge >= 0.3 is 0 Å². The summed E-state index contributed by atoms with van der Waals surface area (Å²) < 4.78 is 16.1. The van der Waals surface area contributed by atoms with Crippen LogP contribution in [-0.2, 0) is 4.74 Å². The zero-order valence-electron chi connectivity index (χ0n) is 8.34. The van der Waals surface area contributed by atoms with E-state index in [0.29, 0.717) is 6.42 Å². The van der Waals surface area contributed by atoms with Crippen LogP contribution < -0.4 is 9.47 Å². The maximum absolute atomic E-state index is 9.35. The number of benzene rings is 1. The molecule has 1 fully saturated rings. The molecule has 1 saturated heterocycles. The largest absolute Gasteiger partial charge is 0.493 e. The third-order valence-electron chi connectivity index (χ3n) is 2.94. The van der Waals surface area contributed by atoms with Crippen molar-refractivity contribution in [1.82, 2.24) is 0 Å². The van der Waals surface area contributed by atoms with E-state index < -0.39 is 6.29 Å². The molecule has 3 rings (SSSR count). The van der Waals surface area contributed by atoms with E-state index >= 15 is 0 Å². The van der Waals surface area contributed by atoms with E-state index in [1.54, 1.807) is 7.11 Å². The van der Waals surface area contributed by atoms with Crippen LogP contribution >= 0.6 is 0 Å². The fraction of sp³-hybridized carbons (Fsp3) is 0.455. The lowest BCUT2D eigenvalue weighted by Crippen LogP contribution is -2.16. The van der Waals surface area contributed by atoms with Gasteiger partial charge in [0.25, 0.3) is 0 Å². The number of aliphatic hydroxyl groups is 1. The molecule has 0 aliphatic carbocycles. The molecule has 4 nitrogen and oxygen atoms in total. The molecule has 15 heavy (non-hydrogen) atoms. The first-order valence-corrected chi connectivity index (χ1v) is 4.96. The van der Waals surface area contributed by atoms with E-state index in [9.17, 15) is 5.11 Å². The second kappa shape index (κ2) is 3.12. The highest BCUT2D eigenvalue weighted by Crippen LogP contribution is 2.49. The van der Waals surface area contributed by atoms with E-state index in [1.165, 1.54) is 0 Å². The minimum atomic E-state index is -0.709. The minimum Gasteiger partial charge on any atom is -0.493 e. The summed E-state index contributed by atoms with van der Waals surface area (Å²) >= 11 is 0. The van der Waals surface area contributed by atoms with Crippen molar-refractivity contribution in [2.45, 2.75) is 24.9 Å². The van der Waals surface area contributed by atoms with Gasteiger partial charge in [0.2, 0.25) is 6.29 Å². The van der Waals surface area contributed by atoms with E-state index in [0.717, 1.165) is 17.1 Å². The Bertz CT molecular complexity index is 390. The predicted octanol–water partition coefficient (Wildman–Crippen LogP) is 1.24. The van der Waals surface area contributed by atoms with Crippen molar-refractivity contribution in [3.8, 4) is 11.5 Å². The van der Waals surface area contributed by atoms with Crippen LogP contribution in [0.4, 0.5) is 0 Å². The summed E-state index contributed by atoms with van der Waals surface area (Å²) in [5.41, 5.74) is 1.07. The number of ether oxygens (including phenoxy) is 3. The van der Waals surface area contributed by atoms with Gasteiger partial charge in [-0.25, -0.2) is 0 Å². The predicted molar refractivity (Wildman–Crippen MR) is 51.9 cm³/mol. The number of fused-ring (bicyclic) bond motifs is 3. The molecule has 2 heterocycles. The van der Waals surface area contributed by atoms with E-state index in [-0.39, 0.29) is 12.2 Å². The quantitative estimate of drug-likeness (QED) is 0.754. The highest BCUT2D eigenvalue weighted by molar-refractivity contribution is 5.51. The Morgan fingerprint density at radius 2 is 2.33 bits per heavy atom. The van der Waals surface area contributed by atoms with Gasteiger partial charge in [-0.1, -0.05) is 12.1 Å². The number of hydrogen-bond acceptors (Lipinski definition) is 4. The normalized spacial score (nSPS) is 32.0. The summed E-state index contributed by atoms with van der Waals surface area (Å²) in [5.74, 6) is 1.60. The molecular weight excluding hydrogens is 196 g/mol. The molecule has 1 N–H and O–H groups in total. The molecule has 80 valence electrons. The van der Waals surface area contributed by atoms with Crippen LogP contribution in [0.1, 0.15) is 17.9 Å². The fourth-order valence-electron chi connectivity index (χ4n) is 2.24. The molecule has 4 heteroatoms. The molecule has 0 bridgehead atoms. The highest BCUT2D eigenvalue weighted by Gasteiger charge is 2.44. The number of methoxy groups -OCH3 is 1. The first-order chi connectivity index (χ1) is 7.29. The van der Waals surface area contributed by atoms with Gasteiger partial charge in [-0.2, -0.15) is 0 Å². The molecule has 0 spiro atoms. The Hall–Kier alpha value is -1.26. The zero-order chi connectivity index (χ0) is 10.4. The van der Waals surface area contributed by atoms with Crippen molar-refractivity contribution >= 4 is 0 Å². The molecule has 2 aliphatic rings. The van der Waals surface area contributed by atoms with Gasteiger partial charge in [-0.3, -0.25) is 0 Å². The van der Waals surface area contributed by atoms with Crippen LogP contribution in [0, 0.1) is 0 Å². The standard InChI is InChI=1S/C11H12O4/c1-13-8-4-2-3-6-7-5-9(12)14-11(7)15-10(6)8/h2-4,7,9,11-12H,5H2,1H3. The van der Waals surface area contributed by atoms with Crippen molar-refractivity contribution in [2.75, 3.05) is 7.11 Å². The SMILES string of the molecule is COc1cccc2c1OC1OC(O)CC21. The Morgan fingerprint density at radius 1 is 1.47 bits per heavy atom. The summed E-state index contributed by atoms with van der Waals surface area (Å²) in [7, 11) is 1.61. The summed E-state index contributed by atoms with van der Waals surface area (Å²) in [5, 5.41) is 9.35. The molecule has 1 aromatic rings. The van der Waals surface area contributed by atoms with Gasteiger partial charge in [-0.15, -0.1) is 0 Å².